The van der Waals surface area contributed by atoms with Crippen molar-refractivity contribution >= 4 is 33.5 Å². The number of nitro benzene ring substituents is 1. The number of benzene rings is 1. The van der Waals surface area contributed by atoms with Crippen molar-refractivity contribution in [3.05, 3.63) is 63.1 Å². The first-order valence-corrected chi connectivity index (χ1v) is 9.60. The Hall–Kier alpha value is -2.55. The summed E-state index contributed by atoms with van der Waals surface area (Å²) in [5.74, 6) is 0. The zero-order chi connectivity index (χ0) is 18.8. The highest BCUT2D eigenvalue weighted by atomic mass is 32.1. The number of hydrogen-bond acceptors (Lipinski definition) is 7. The number of ether oxygens (including phenoxy) is 1. The van der Waals surface area contributed by atoms with E-state index < -0.39 is 6.10 Å². The Balaban J connectivity index is 1.70. The summed E-state index contributed by atoms with van der Waals surface area (Å²) in [6.07, 6.45) is 3.15. The van der Waals surface area contributed by atoms with Crippen LogP contribution in [0.5, 0.6) is 0 Å². The summed E-state index contributed by atoms with van der Waals surface area (Å²) < 4.78 is 5.66. The number of hydrogen-bond donors (Lipinski definition) is 1. The van der Waals surface area contributed by atoms with Gasteiger partial charge in [0.2, 0.25) is 0 Å². The molecule has 1 fully saturated rings. The Morgan fingerprint density at radius 1 is 1.37 bits per heavy atom. The molecule has 3 aromatic rings. The van der Waals surface area contributed by atoms with Gasteiger partial charge in [0.25, 0.3) is 5.69 Å². The number of thiophene rings is 1. The summed E-state index contributed by atoms with van der Waals surface area (Å²) in [6.45, 7) is 1.75. The molecule has 0 amide bonds. The predicted octanol–water partition coefficient (Wildman–Crippen LogP) is 3.53. The van der Waals surface area contributed by atoms with Crippen molar-refractivity contribution in [2.45, 2.75) is 18.6 Å². The van der Waals surface area contributed by atoms with Gasteiger partial charge in [0, 0.05) is 47.4 Å². The number of rotatable bonds is 5. The van der Waals surface area contributed by atoms with Crippen molar-refractivity contribution in [3.8, 4) is 0 Å². The third kappa shape index (κ3) is 3.51. The topological polar surface area (TPSA) is 88.7 Å². The minimum Gasteiger partial charge on any atom is -0.387 e. The molecule has 2 atom stereocenters. The molecule has 1 aliphatic rings. The molecule has 1 aromatic carbocycles. The maximum atomic E-state index is 11.4. The molecule has 4 rings (SSSR count). The van der Waals surface area contributed by atoms with Gasteiger partial charge in [-0.25, -0.2) is 0 Å². The smallest absolute Gasteiger partial charge is 0.278 e. The number of morpholine rings is 1. The van der Waals surface area contributed by atoms with E-state index in [-0.39, 0.29) is 16.7 Å². The van der Waals surface area contributed by atoms with E-state index in [4.69, 9.17) is 4.74 Å². The third-order valence-electron chi connectivity index (χ3n) is 4.87. The first-order chi connectivity index (χ1) is 13.1. The van der Waals surface area contributed by atoms with Crippen LogP contribution in [-0.2, 0) is 4.74 Å². The van der Waals surface area contributed by atoms with E-state index in [1.54, 1.807) is 18.3 Å². The first-order valence-electron chi connectivity index (χ1n) is 8.72. The van der Waals surface area contributed by atoms with Crippen molar-refractivity contribution < 1.29 is 14.8 Å². The van der Waals surface area contributed by atoms with Crippen LogP contribution in [0.15, 0.2) is 48.1 Å². The van der Waals surface area contributed by atoms with Crippen LogP contribution in [0.1, 0.15) is 17.4 Å². The monoisotopic (exact) mass is 385 g/mol. The van der Waals surface area contributed by atoms with Gasteiger partial charge in [-0.3, -0.25) is 15.1 Å². The van der Waals surface area contributed by atoms with Crippen LogP contribution in [0.25, 0.3) is 10.8 Å². The predicted molar refractivity (Wildman–Crippen MR) is 104 cm³/mol. The van der Waals surface area contributed by atoms with Crippen LogP contribution in [-0.4, -0.2) is 40.8 Å². The average Bonchev–Trinajstić information content (AvgIpc) is 3.22. The molecule has 2 aromatic heterocycles. The summed E-state index contributed by atoms with van der Waals surface area (Å²) in [7, 11) is 0. The molecule has 140 valence electrons. The number of nitrogens with zero attached hydrogens (tertiary/aromatic N) is 3. The van der Waals surface area contributed by atoms with Crippen LogP contribution in [0.4, 0.5) is 11.4 Å². The lowest BCUT2D eigenvalue weighted by molar-refractivity contribution is -0.383. The fourth-order valence-corrected chi connectivity index (χ4v) is 4.32. The van der Waals surface area contributed by atoms with Crippen molar-refractivity contribution in [2.75, 3.05) is 24.7 Å². The van der Waals surface area contributed by atoms with Gasteiger partial charge in [-0.15, -0.1) is 11.3 Å². The minimum absolute atomic E-state index is 0.0197. The van der Waals surface area contributed by atoms with Gasteiger partial charge in [0.05, 0.1) is 35.7 Å². The first kappa shape index (κ1) is 17.8. The maximum absolute atomic E-state index is 11.4. The van der Waals surface area contributed by atoms with E-state index in [0.717, 1.165) is 16.0 Å². The number of nitro groups is 1. The van der Waals surface area contributed by atoms with Gasteiger partial charge in [0.15, 0.2) is 0 Å². The summed E-state index contributed by atoms with van der Waals surface area (Å²) in [6, 6.07) is 8.96. The molecule has 8 heteroatoms. The van der Waals surface area contributed by atoms with E-state index >= 15 is 0 Å². The molecule has 3 heterocycles. The number of pyridine rings is 1. The molecule has 2 unspecified atom stereocenters. The van der Waals surface area contributed by atoms with Crippen molar-refractivity contribution in [3.63, 3.8) is 0 Å². The molecular weight excluding hydrogens is 366 g/mol. The molecule has 0 saturated carbocycles. The molecule has 7 nitrogen and oxygen atoms in total. The molecule has 0 aliphatic carbocycles. The molecule has 0 radical (unpaired) electrons. The lowest BCUT2D eigenvalue weighted by Crippen LogP contribution is -2.46. The summed E-state index contributed by atoms with van der Waals surface area (Å²) in [4.78, 5) is 18.1. The van der Waals surface area contributed by atoms with E-state index in [1.807, 2.05) is 17.5 Å². The quantitative estimate of drug-likeness (QED) is 0.534. The van der Waals surface area contributed by atoms with Crippen LogP contribution in [0.3, 0.4) is 0 Å². The summed E-state index contributed by atoms with van der Waals surface area (Å²) in [5, 5.41) is 25.2. The van der Waals surface area contributed by atoms with Gasteiger partial charge >= 0.3 is 0 Å². The molecule has 0 bridgehead atoms. The highest BCUT2D eigenvalue weighted by molar-refractivity contribution is 7.10. The number of non-ortho nitro benzene ring substituents is 1. The van der Waals surface area contributed by atoms with Gasteiger partial charge < -0.3 is 14.7 Å². The second kappa shape index (κ2) is 7.59. The second-order valence-corrected chi connectivity index (χ2v) is 7.45. The second-order valence-electron chi connectivity index (χ2n) is 6.47. The fraction of sp³-hybridized carbons (Fsp3) is 0.316. The highest BCUT2D eigenvalue weighted by Crippen LogP contribution is 2.36. The van der Waals surface area contributed by atoms with Crippen LogP contribution >= 0.6 is 11.3 Å². The Bertz CT molecular complexity index is 947. The van der Waals surface area contributed by atoms with E-state index in [9.17, 15) is 15.2 Å². The minimum atomic E-state index is -0.565. The summed E-state index contributed by atoms with van der Waals surface area (Å²) in [5.41, 5.74) is 0.954. The molecule has 1 N–H and O–H groups in total. The van der Waals surface area contributed by atoms with Crippen LogP contribution in [0.2, 0.25) is 0 Å². The van der Waals surface area contributed by atoms with Crippen molar-refractivity contribution in [2.24, 2.45) is 0 Å². The molecule has 1 aliphatic heterocycles. The Labute approximate surface area is 160 Å². The number of anilines is 1. The lowest BCUT2D eigenvalue weighted by atomic mass is 10.0. The molecule has 27 heavy (non-hydrogen) atoms. The Morgan fingerprint density at radius 3 is 3.04 bits per heavy atom. The maximum Gasteiger partial charge on any atom is 0.278 e. The van der Waals surface area contributed by atoms with Gasteiger partial charge in [0.1, 0.15) is 0 Å². The van der Waals surface area contributed by atoms with Gasteiger partial charge in [-0.05, 0) is 23.6 Å². The average molecular weight is 385 g/mol. The zero-order valence-electron chi connectivity index (χ0n) is 14.5. The van der Waals surface area contributed by atoms with E-state index in [1.165, 1.54) is 23.6 Å². The fourth-order valence-electron chi connectivity index (χ4n) is 3.59. The van der Waals surface area contributed by atoms with Gasteiger partial charge in [-0.2, -0.15) is 0 Å². The zero-order valence-corrected chi connectivity index (χ0v) is 15.3. The molecule has 1 saturated heterocycles. The number of aliphatic hydroxyl groups excluding tert-OH is 1. The normalized spacial score (nSPS) is 18.6. The van der Waals surface area contributed by atoms with Crippen LogP contribution in [0, 0.1) is 10.1 Å². The van der Waals surface area contributed by atoms with E-state index in [0.29, 0.717) is 31.6 Å². The molecular formula is C19H19N3O4S. The number of aromatic nitrogens is 1. The molecule has 0 spiro atoms. The van der Waals surface area contributed by atoms with Crippen molar-refractivity contribution in [1.29, 1.82) is 0 Å². The highest BCUT2D eigenvalue weighted by Gasteiger charge is 2.28. The number of fused-ring (bicyclic) bond motifs is 1. The Kier molecular flexibility index (Phi) is 5.02. The Morgan fingerprint density at radius 2 is 2.26 bits per heavy atom. The standard InChI is InChI=1S/C19H19N3O4S/c23-18(19-2-1-9-27-19)10-13-12-26-8-7-21(13)16-3-4-17(22(24)25)15-11-20-6-5-14(15)16/h1-6,9,11,13,18,23H,7-8,10,12H2. The largest absolute Gasteiger partial charge is 0.387 e. The van der Waals surface area contributed by atoms with E-state index in [2.05, 4.69) is 9.88 Å². The summed E-state index contributed by atoms with van der Waals surface area (Å²) >= 11 is 1.53. The van der Waals surface area contributed by atoms with Crippen LogP contribution < -0.4 is 4.90 Å². The van der Waals surface area contributed by atoms with Crippen molar-refractivity contribution in [1.82, 2.24) is 4.98 Å². The van der Waals surface area contributed by atoms with Gasteiger partial charge in [-0.1, -0.05) is 6.07 Å². The lowest BCUT2D eigenvalue weighted by Gasteiger charge is -2.38. The number of aliphatic hydroxyl groups is 1. The SMILES string of the molecule is O=[N+]([O-])c1ccc(N2CCOCC2CC(O)c2cccs2)c2ccncc12. The third-order valence-corrected chi connectivity index (χ3v) is 5.85.